The molecule has 0 amide bonds. The summed E-state index contributed by atoms with van der Waals surface area (Å²) in [4.78, 5) is 3.96. The van der Waals surface area contributed by atoms with Crippen molar-refractivity contribution in [1.82, 2.24) is 4.98 Å². The molecular weight excluding hydrogens is 217 g/mol. The molecule has 1 aromatic heterocycles. The Morgan fingerprint density at radius 2 is 2.06 bits per heavy atom. The lowest BCUT2D eigenvalue weighted by Crippen LogP contribution is -2.13. The van der Waals surface area contributed by atoms with Crippen molar-refractivity contribution in [2.24, 2.45) is 5.73 Å². The van der Waals surface area contributed by atoms with Crippen LogP contribution in [0.1, 0.15) is 36.4 Å². The Bertz CT molecular complexity index is 336. The normalized spacial score (nSPS) is 13.8. The molecule has 1 aromatic rings. The van der Waals surface area contributed by atoms with Crippen molar-refractivity contribution in [1.29, 1.82) is 0 Å². The van der Waals surface area contributed by atoms with Gasteiger partial charge in [0.15, 0.2) is 0 Å². The second kappa shape index (κ2) is 5.30. The minimum absolute atomic E-state index is 0.0542. The Balaban J connectivity index is 2.44. The fraction of sp³-hybridized carbons (Fsp3) is 0.545. The number of rotatable bonds is 4. The zero-order valence-corrected chi connectivity index (χ0v) is 9.09. The van der Waals surface area contributed by atoms with E-state index in [1.807, 2.05) is 13.0 Å². The first-order valence-corrected chi connectivity index (χ1v) is 5.12. The van der Waals surface area contributed by atoms with Gasteiger partial charge in [-0.25, -0.2) is 0 Å². The average Bonchev–Trinajstić information content (AvgIpc) is 2.15. The highest BCUT2D eigenvalue weighted by atomic mass is 19.4. The largest absolute Gasteiger partial charge is 0.389 e. The Morgan fingerprint density at radius 3 is 2.62 bits per heavy atom. The summed E-state index contributed by atoms with van der Waals surface area (Å²) >= 11 is 0. The summed E-state index contributed by atoms with van der Waals surface area (Å²) in [6.45, 7) is 1.87. The Morgan fingerprint density at radius 1 is 1.38 bits per heavy atom. The number of halogens is 3. The molecule has 0 aliphatic carbocycles. The van der Waals surface area contributed by atoms with Gasteiger partial charge in [-0.15, -0.1) is 0 Å². The van der Waals surface area contributed by atoms with E-state index in [0.29, 0.717) is 6.42 Å². The van der Waals surface area contributed by atoms with Crippen molar-refractivity contribution >= 4 is 0 Å². The minimum atomic E-state index is -4.09. The van der Waals surface area contributed by atoms with E-state index in [1.165, 1.54) is 0 Å². The molecule has 0 spiro atoms. The molecule has 0 bridgehead atoms. The van der Waals surface area contributed by atoms with Crippen LogP contribution in [-0.4, -0.2) is 11.2 Å². The molecule has 0 fully saturated rings. The van der Waals surface area contributed by atoms with Gasteiger partial charge in [-0.1, -0.05) is 6.07 Å². The van der Waals surface area contributed by atoms with Gasteiger partial charge in [-0.2, -0.15) is 13.2 Å². The zero-order chi connectivity index (χ0) is 12.2. The van der Waals surface area contributed by atoms with Crippen molar-refractivity contribution in [3.05, 3.63) is 29.6 Å². The van der Waals surface area contributed by atoms with Crippen LogP contribution in [0.4, 0.5) is 13.2 Å². The fourth-order valence-electron chi connectivity index (χ4n) is 1.47. The van der Waals surface area contributed by atoms with Gasteiger partial charge >= 0.3 is 6.18 Å². The molecule has 2 nitrogen and oxygen atoms in total. The van der Waals surface area contributed by atoms with Crippen LogP contribution in [0.25, 0.3) is 0 Å². The lowest BCUT2D eigenvalue weighted by Gasteiger charge is -2.12. The third-order valence-corrected chi connectivity index (χ3v) is 2.30. The maximum atomic E-state index is 11.9. The third kappa shape index (κ3) is 4.61. The van der Waals surface area contributed by atoms with Crippen LogP contribution < -0.4 is 5.73 Å². The fourth-order valence-corrected chi connectivity index (χ4v) is 1.47. The molecule has 5 heteroatoms. The van der Waals surface area contributed by atoms with Gasteiger partial charge in [0.05, 0.1) is 0 Å². The van der Waals surface area contributed by atoms with Crippen LogP contribution in [0, 0.1) is 6.92 Å². The van der Waals surface area contributed by atoms with Crippen LogP contribution in [0.15, 0.2) is 18.5 Å². The van der Waals surface area contributed by atoms with E-state index >= 15 is 0 Å². The molecule has 0 radical (unpaired) electrons. The van der Waals surface area contributed by atoms with Crippen molar-refractivity contribution in [2.45, 2.75) is 38.4 Å². The van der Waals surface area contributed by atoms with E-state index in [4.69, 9.17) is 5.73 Å². The molecule has 1 rings (SSSR count). The van der Waals surface area contributed by atoms with Crippen LogP contribution in [0.5, 0.6) is 0 Å². The third-order valence-electron chi connectivity index (χ3n) is 2.30. The summed E-state index contributed by atoms with van der Waals surface area (Å²) in [5.41, 5.74) is 7.54. The summed E-state index contributed by atoms with van der Waals surface area (Å²) < 4.78 is 35.8. The average molecular weight is 232 g/mol. The topological polar surface area (TPSA) is 38.9 Å². The number of alkyl halides is 3. The Labute approximate surface area is 92.7 Å². The molecule has 16 heavy (non-hydrogen) atoms. The predicted octanol–water partition coefficient (Wildman–Crippen LogP) is 3.12. The Kier molecular flexibility index (Phi) is 4.29. The second-order valence-electron chi connectivity index (χ2n) is 3.91. The number of nitrogens with zero attached hydrogens (tertiary/aromatic N) is 1. The molecular formula is C11H15F3N2. The maximum Gasteiger partial charge on any atom is 0.389 e. The lowest BCUT2D eigenvalue weighted by atomic mass is 10.0. The minimum Gasteiger partial charge on any atom is -0.324 e. The highest BCUT2D eigenvalue weighted by molar-refractivity contribution is 5.19. The summed E-state index contributed by atoms with van der Waals surface area (Å²) in [7, 11) is 0. The van der Waals surface area contributed by atoms with E-state index in [-0.39, 0.29) is 12.5 Å². The van der Waals surface area contributed by atoms with E-state index in [1.54, 1.807) is 12.4 Å². The van der Waals surface area contributed by atoms with Crippen LogP contribution in [0.2, 0.25) is 0 Å². The lowest BCUT2D eigenvalue weighted by molar-refractivity contribution is -0.135. The van der Waals surface area contributed by atoms with Crippen LogP contribution in [0.3, 0.4) is 0 Å². The highest BCUT2D eigenvalue weighted by Gasteiger charge is 2.26. The first-order valence-electron chi connectivity index (χ1n) is 5.12. The first kappa shape index (κ1) is 13.0. The summed E-state index contributed by atoms with van der Waals surface area (Å²) in [5.74, 6) is 0. The quantitative estimate of drug-likeness (QED) is 0.866. The SMILES string of the molecule is Cc1cncc(C(N)CCCC(F)(F)F)c1. The molecule has 1 atom stereocenters. The second-order valence-corrected chi connectivity index (χ2v) is 3.91. The van der Waals surface area contributed by atoms with Gasteiger partial charge in [0.1, 0.15) is 0 Å². The number of nitrogens with two attached hydrogens (primary N) is 1. The maximum absolute atomic E-state index is 11.9. The van der Waals surface area contributed by atoms with Gasteiger partial charge in [0.2, 0.25) is 0 Å². The standard InChI is InChI=1S/C11H15F3N2/c1-8-5-9(7-16-6-8)10(15)3-2-4-11(12,13)14/h5-7,10H,2-4,15H2,1H3. The van der Waals surface area contributed by atoms with Crippen LogP contribution >= 0.6 is 0 Å². The molecule has 1 heterocycles. The predicted molar refractivity (Wildman–Crippen MR) is 55.8 cm³/mol. The zero-order valence-electron chi connectivity index (χ0n) is 9.09. The molecule has 0 aliphatic heterocycles. The summed E-state index contributed by atoms with van der Waals surface area (Å²) in [6.07, 6.45) is -1.20. The molecule has 0 saturated carbocycles. The van der Waals surface area contributed by atoms with Gasteiger partial charge in [0, 0.05) is 24.9 Å². The number of hydrogen-bond acceptors (Lipinski definition) is 2. The number of pyridine rings is 1. The van der Waals surface area contributed by atoms with Gasteiger partial charge in [0.25, 0.3) is 0 Å². The summed E-state index contributed by atoms with van der Waals surface area (Å²) in [5, 5.41) is 0. The number of aromatic nitrogens is 1. The molecule has 0 saturated heterocycles. The van der Waals surface area contributed by atoms with E-state index < -0.39 is 12.6 Å². The van der Waals surface area contributed by atoms with Gasteiger partial charge in [-0.05, 0) is 30.9 Å². The smallest absolute Gasteiger partial charge is 0.324 e. The number of hydrogen-bond donors (Lipinski definition) is 1. The molecule has 2 N–H and O–H groups in total. The molecule has 90 valence electrons. The van der Waals surface area contributed by atoms with Gasteiger partial charge < -0.3 is 5.73 Å². The monoisotopic (exact) mass is 232 g/mol. The first-order chi connectivity index (χ1) is 7.38. The van der Waals surface area contributed by atoms with Crippen molar-refractivity contribution in [3.63, 3.8) is 0 Å². The Hall–Kier alpha value is -1.10. The highest BCUT2D eigenvalue weighted by Crippen LogP contribution is 2.25. The van der Waals surface area contributed by atoms with Crippen molar-refractivity contribution in [3.8, 4) is 0 Å². The van der Waals surface area contributed by atoms with Crippen molar-refractivity contribution in [2.75, 3.05) is 0 Å². The van der Waals surface area contributed by atoms with Gasteiger partial charge in [-0.3, -0.25) is 4.98 Å². The molecule has 0 aliphatic rings. The van der Waals surface area contributed by atoms with E-state index in [0.717, 1.165) is 11.1 Å². The number of aryl methyl sites for hydroxylation is 1. The van der Waals surface area contributed by atoms with E-state index in [9.17, 15) is 13.2 Å². The van der Waals surface area contributed by atoms with Crippen molar-refractivity contribution < 1.29 is 13.2 Å². The summed E-state index contributed by atoms with van der Waals surface area (Å²) in [6, 6.07) is 1.49. The molecule has 1 unspecified atom stereocenters. The van der Waals surface area contributed by atoms with Crippen LogP contribution in [-0.2, 0) is 0 Å². The van der Waals surface area contributed by atoms with E-state index in [2.05, 4.69) is 4.98 Å². The molecule has 0 aromatic carbocycles.